The number of nitrogens with two attached hydrogens (primary N) is 1. The van der Waals surface area contributed by atoms with Crippen molar-refractivity contribution in [1.29, 1.82) is 0 Å². The second-order valence-electron chi connectivity index (χ2n) is 15.5. The first-order valence-corrected chi connectivity index (χ1v) is 21.4. The summed E-state index contributed by atoms with van der Waals surface area (Å²) < 4.78 is 7.10. The maximum Gasteiger partial charge on any atom is 0.261 e. The Kier molecular flexibility index (Phi) is 13.0. The second kappa shape index (κ2) is 18.0. The highest BCUT2D eigenvalue weighted by Crippen LogP contribution is 2.38. The maximum absolute atomic E-state index is 13.2. The summed E-state index contributed by atoms with van der Waals surface area (Å²) in [6.45, 7) is 10.2. The molecule has 282 valence electrons. The molecule has 6 rings (SSSR count). The Morgan fingerprint density at radius 1 is 0.636 bits per heavy atom. The summed E-state index contributed by atoms with van der Waals surface area (Å²) in [5, 5.41) is 9.38. The van der Waals surface area contributed by atoms with E-state index < -0.39 is 19.9 Å². The van der Waals surface area contributed by atoms with Crippen LogP contribution in [0, 0.1) is 6.92 Å². The van der Waals surface area contributed by atoms with Crippen LogP contribution in [0.5, 0.6) is 0 Å². The normalized spacial score (nSPS) is 12.6. The Morgan fingerprint density at radius 2 is 1.11 bits per heavy atom. The first-order valence-electron chi connectivity index (χ1n) is 19.5. The van der Waals surface area contributed by atoms with E-state index in [0.29, 0.717) is 13.0 Å². The van der Waals surface area contributed by atoms with E-state index in [0.717, 1.165) is 30.6 Å². The predicted molar refractivity (Wildman–Crippen MR) is 231 cm³/mol. The van der Waals surface area contributed by atoms with Gasteiger partial charge in [-0.3, -0.25) is 10.1 Å². The minimum absolute atomic E-state index is 0.107. The summed E-state index contributed by atoms with van der Waals surface area (Å²) in [7, 11) is -2.66. The minimum Gasteiger partial charge on any atom is -0.403 e. The van der Waals surface area contributed by atoms with Crippen LogP contribution in [0.1, 0.15) is 67.9 Å². The third kappa shape index (κ3) is 9.06. The molecule has 0 radical (unpaired) electrons. The molecular formula is C49H55N3O2Si. The SMILES string of the molecule is Cc1ccc(C(NCCCCC(N)C(=O)Nc2ccc(CO[Si](c3ccccc3)(c3ccccc3)C(C)(C)C)cc2)(c2ccccc2)c2ccccc2)cc1. The van der Waals surface area contributed by atoms with Gasteiger partial charge in [0, 0.05) is 5.69 Å². The van der Waals surface area contributed by atoms with Gasteiger partial charge in [0.1, 0.15) is 0 Å². The monoisotopic (exact) mass is 745 g/mol. The van der Waals surface area contributed by atoms with E-state index in [4.69, 9.17) is 10.2 Å². The summed E-state index contributed by atoms with van der Waals surface area (Å²) in [4.78, 5) is 13.2. The summed E-state index contributed by atoms with van der Waals surface area (Å²) in [5.74, 6) is -0.174. The van der Waals surface area contributed by atoms with Gasteiger partial charge in [0.15, 0.2) is 0 Å². The largest absolute Gasteiger partial charge is 0.403 e. The van der Waals surface area contributed by atoms with Gasteiger partial charge in [-0.2, -0.15) is 0 Å². The third-order valence-electron chi connectivity index (χ3n) is 10.7. The molecule has 1 unspecified atom stereocenters. The minimum atomic E-state index is -2.66. The second-order valence-corrected chi connectivity index (χ2v) is 19.8. The van der Waals surface area contributed by atoms with Crippen molar-refractivity contribution >= 4 is 30.3 Å². The molecular weight excluding hydrogens is 691 g/mol. The van der Waals surface area contributed by atoms with Crippen LogP contribution in [-0.2, 0) is 21.4 Å². The lowest BCUT2D eigenvalue weighted by Crippen LogP contribution is -2.66. The molecule has 0 aliphatic heterocycles. The van der Waals surface area contributed by atoms with Crippen LogP contribution in [0.25, 0.3) is 0 Å². The van der Waals surface area contributed by atoms with Gasteiger partial charge in [-0.15, -0.1) is 0 Å². The molecule has 0 spiro atoms. The molecule has 6 aromatic rings. The van der Waals surface area contributed by atoms with Crippen molar-refractivity contribution in [1.82, 2.24) is 5.32 Å². The average molecular weight is 746 g/mol. The molecule has 0 bridgehead atoms. The molecule has 1 atom stereocenters. The molecule has 0 aliphatic rings. The lowest BCUT2D eigenvalue weighted by atomic mass is 9.76. The zero-order valence-electron chi connectivity index (χ0n) is 32.7. The third-order valence-corrected chi connectivity index (χ3v) is 15.6. The van der Waals surface area contributed by atoms with Crippen molar-refractivity contribution in [2.24, 2.45) is 5.73 Å². The van der Waals surface area contributed by atoms with E-state index in [2.05, 4.69) is 184 Å². The predicted octanol–water partition coefficient (Wildman–Crippen LogP) is 9.09. The molecule has 4 N–H and O–H groups in total. The summed E-state index contributed by atoms with van der Waals surface area (Å²) in [6, 6.07) is 58.7. The fraction of sp³-hybridized carbons (Fsp3) is 0.245. The molecule has 0 fully saturated rings. The quantitative estimate of drug-likeness (QED) is 0.0525. The van der Waals surface area contributed by atoms with Crippen molar-refractivity contribution in [3.63, 3.8) is 0 Å². The fourth-order valence-electron chi connectivity index (χ4n) is 7.75. The Balaban J connectivity index is 1.06. The standard InChI is InChI=1S/C49H55N3O2Si/c1-38-28-32-42(33-29-38)49(40-19-9-5-10-20-40,41-21-11-6-12-22-41)51-36-18-17-27-46(50)47(53)52-43-34-30-39(31-35-43)37-54-55(48(2,3)4,44-23-13-7-14-24-44)45-25-15-8-16-26-45/h5-16,19-26,28-35,46,51H,17-18,27,36-37,50H2,1-4H3,(H,52,53). The van der Waals surface area contributed by atoms with Crippen LogP contribution in [0.3, 0.4) is 0 Å². The molecule has 1 amide bonds. The molecule has 55 heavy (non-hydrogen) atoms. The van der Waals surface area contributed by atoms with E-state index >= 15 is 0 Å². The number of aryl methyl sites for hydroxylation is 1. The highest BCUT2D eigenvalue weighted by atomic mass is 28.4. The van der Waals surface area contributed by atoms with Crippen LogP contribution < -0.4 is 26.7 Å². The van der Waals surface area contributed by atoms with Gasteiger partial charge in [-0.1, -0.05) is 190 Å². The van der Waals surface area contributed by atoms with E-state index in [1.807, 2.05) is 24.3 Å². The van der Waals surface area contributed by atoms with Crippen molar-refractivity contribution < 1.29 is 9.22 Å². The molecule has 0 saturated carbocycles. The molecule has 0 aromatic heterocycles. The molecule has 5 nitrogen and oxygen atoms in total. The van der Waals surface area contributed by atoms with Gasteiger partial charge < -0.3 is 15.5 Å². The Hall–Kier alpha value is -5.11. The maximum atomic E-state index is 13.2. The van der Waals surface area contributed by atoms with Crippen molar-refractivity contribution in [3.05, 3.63) is 198 Å². The van der Waals surface area contributed by atoms with Crippen LogP contribution in [0.4, 0.5) is 5.69 Å². The molecule has 0 saturated heterocycles. The molecule has 0 aliphatic carbocycles. The van der Waals surface area contributed by atoms with Gasteiger partial charge in [-0.25, -0.2) is 0 Å². The van der Waals surface area contributed by atoms with Crippen LogP contribution in [-0.4, -0.2) is 26.8 Å². The zero-order valence-corrected chi connectivity index (χ0v) is 33.7. The number of hydrogen-bond acceptors (Lipinski definition) is 4. The van der Waals surface area contributed by atoms with Gasteiger partial charge in [0.25, 0.3) is 8.32 Å². The number of carbonyl (C=O) groups excluding carboxylic acids is 1. The highest BCUT2D eigenvalue weighted by Gasteiger charge is 2.50. The summed E-state index contributed by atoms with van der Waals surface area (Å²) in [6.07, 6.45) is 2.27. The number of hydrogen-bond donors (Lipinski definition) is 3. The number of carbonyl (C=O) groups is 1. The number of amides is 1. The zero-order chi connectivity index (χ0) is 38.7. The molecule has 6 aromatic carbocycles. The first-order chi connectivity index (χ1) is 26.6. The van der Waals surface area contributed by atoms with Crippen LogP contribution in [0.15, 0.2) is 170 Å². The smallest absolute Gasteiger partial charge is 0.261 e. The van der Waals surface area contributed by atoms with Crippen LogP contribution >= 0.6 is 0 Å². The van der Waals surface area contributed by atoms with E-state index in [1.54, 1.807) is 0 Å². The van der Waals surface area contributed by atoms with Gasteiger partial charge in [0.05, 0.1) is 18.2 Å². The topological polar surface area (TPSA) is 76.4 Å². The fourth-order valence-corrected chi connectivity index (χ4v) is 12.3. The van der Waals surface area contributed by atoms with Gasteiger partial charge >= 0.3 is 0 Å². The Bertz CT molecular complexity index is 1990. The van der Waals surface area contributed by atoms with E-state index in [1.165, 1.54) is 32.6 Å². The van der Waals surface area contributed by atoms with Crippen molar-refractivity contribution in [2.75, 3.05) is 11.9 Å². The van der Waals surface area contributed by atoms with Gasteiger partial charge in [-0.05, 0) is 76.1 Å². The van der Waals surface area contributed by atoms with E-state index in [9.17, 15) is 4.79 Å². The summed E-state index contributed by atoms with van der Waals surface area (Å²) in [5.41, 5.74) is 12.5. The van der Waals surface area contributed by atoms with E-state index in [-0.39, 0.29) is 10.9 Å². The van der Waals surface area contributed by atoms with Crippen molar-refractivity contribution in [3.8, 4) is 0 Å². The number of anilines is 1. The summed E-state index contributed by atoms with van der Waals surface area (Å²) >= 11 is 0. The first kappa shape index (κ1) is 39.6. The Morgan fingerprint density at radius 3 is 1.60 bits per heavy atom. The Labute approximate surface area is 329 Å². The van der Waals surface area contributed by atoms with Crippen LogP contribution in [0.2, 0.25) is 5.04 Å². The van der Waals surface area contributed by atoms with Gasteiger partial charge in [0.2, 0.25) is 5.91 Å². The average Bonchev–Trinajstić information content (AvgIpc) is 3.21. The number of rotatable bonds is 16. The number of unbranched alkanes of at least 4 members (excludes halogenated alkanes) is 1. The lowest BCUT2D eigenvalue weighted by molar-refractivity contribution is -0.117. The highest BCUT2D eigenvalue weighted by molar-refractivity contribution is 6.99. The molecule has 0 heterocycles. The molecule has 6 heteroatoms. The lowest BCUT2D eigenvalue weighted by Gasteiger charge is -2.43. The van der Waals surface area contributed by atoms with Crippen molar-refractivity contribution in [2.45, 2.75) is 70.2 Å². The number of nitrogens with one attached hydrogen (secondary N) is 2. The number of benzene rings is 6.